The van der Waals surface area contributed by atoms with Crippen LogP contribution < -0.4 is 4.90 Å². The van der Waals surface area contributed by atoms with Gasteiger partial charge in [-0.1, -0.05) is 29.8 Å². The van der Waals surface area contributed by atoms with Gasteiger partial charge < -0.3 is 4.90 Å². The number of fused-ring (bicyclic) bond motifs is 1. The summed E-state index contributed by atoms with van der Waals surface area (Å²) in [4.78, 5) is 16.4. The van der Waals surface area contributed by atoms with Crippen LogP contribution in [0.25, 0.3) is 0 Å². The second-order valence-electron chi connectivity index (χ2n) is 7.23. The number of urea groups is 1. The predicted molar refractivity (Wildman–Crippen MR) is 107 cm³/mol. The van der Waals surface area contributed by atoms with Crippen LogP contribution in [0.4, 0.5) is 10.5 Å². The van der Waals surface area contributed by atoms with Crippen LogP contribution in [-0.2, 0) is 16.4 Å². The monoisotopic (exact) mass is 415 g/mol. The molecule has 0 radical (unpaired) electrons. The number of amides is 2. The molecular formula is C20H18ClN3O3S. The van der Waals surface area contributed by atoms with Crippen molar-refractivity contribution in [3.05, 3.63) is 64.2 Å². The lowest BCUT2D eigenvalue weighted by molar-refractivity contribution is 0.206. The molecule has 2 unspecified atom stereocenters. The SMILES string of the molecule is Cc1ccc(N2C(=O)N(Cc3ccc(C#N)cc3)C3CS(=O)(=O)CC32)cc1Cl. The Morgan fingerprint density at radius 2 is 1.82 bits per heavy atom. The molecule has 2 heterocycles. The van der Waals surface area contributed by atoms with Crippen LogP contribution in [0.2, 0.25) is 5.02 Å². The normalized spacial score (nSPS) is 23.0. The second-order valence-corrected chi connectivity index (χ2v) is 9.80. The number of carbonyl (C=O) groups excluding carboxylic acids is 1. The molecule has 6 nitrogen and oxygen atoms in total. The van der Waals surface area contributed by atoms with Crippen molar-refractivity contribution in [3.8, 4) is 6.07 Å². The molecule has 0 saturated carbocycles. The molecule has 0 N–H and O–H groups in total. The molecule has 144 valence electrons. The van der Waals surface area contributed by atoms with E-state index in [1.54, 1.807) is 46.2 Å². The van der Waals surface area contributed by atoms with Gasteiger partial charge in [0.1, 0.15) is 0 Å². The van der Waals surface area contributed by atoms with Crippen LogP contribution >= 0.6 is 11.6 Å². The first-order chi connectivity index (χ1) is 13.3. The van der Waals surface area contributed by atoms with Gasteiger partial charge in [0.2, 0.25) is 0 Å². The van der Waals surface area contributed by atoms with E-state index in [9.17, 15) is 13.2 Å². The molecule has 2 aromatic rings. The first kappa shape index (κ1) is 18.8. The van der Waals surface area contributed by atoms with Crippen molar-refractivity contribution in [3.63, 3.8) is 0 Å². The van der Waals surface area contributed by atoms with Crippen molar-refractivity contribution in [2.45, 2.75) is 25.6 Å². The molecule has 2 aliphatic rings. The Kier molecular flexibility index (Phi) is 4.56. The number of benzene rings is 2. The van der Waals surface area contributed by atoms with Gasteiger partial charge >= 0.3 is 6.03 Å². The average Bonchev–Trinajstić information content (AvgIpc) is 3.09. The maximum atomic E-state index is 13.2. The Hall–Kier alpha value is -2.56. The van der Waals surface area contributed by atoms with Gasteiger partial charge in [-0.25, -0.2) is 13.2 Å². The van der Waals surface area contributed by atoms with Gasteiger partial charge in [0.25, 0.3) is 0 Å². The number of aryl methyl sites for hydroxylation is 1. The lowest BCUT2D eigenvalue weighted by Crippen LogP contribution is -2.37. The van der Waals surface area contributed by atoms with Gasteiger partial charge in [-0.15, -0.1) is 0 Å². The van der Waals surface area contributed by atoms with E-state index in [4.69, 9.17) is 16.9 Å². The summed E-state index contributed by atoms with van der Waals surface area (Å²) >= 11 is 6.24. The molecule has 2 atom stereocenters. The topological polar surface area (TPSA) is 81.5 Å². The Morgan fingerprint density at radius 3 is 2.46 bits per heavy atom. The van der Waals surface area contributed by atoms with E-state index in [2.05, 4.69) is 6.07 Å². The van der Waals surface area contributed by atoms with Crippen LogP contribution in [0.5, 0.6) is 0 Å². The van der Waals surface area contributed by atoms with E-state index in [0.717, 1.165) is 11.1 Å². The highest BCUT2D eigenvalue weighted by molar-refractivity contribution is 7.91. The molecule has 0 bridgehead atoms. The Morgan fingerprint density at radius 1 is 1.14 bits per heavy atom. The fourth-order valence-corrected chi connectivity index (χ4v) is 6.00. The van der Waals surface area contributed by atoms with Gasteiger partial charge in [-0.2, -0.15) is 5.26 Å². The van der Waals surface area contributed by atoms with Crippen LogP contribution in [0.15, 0.2) is 42.5 Å². The third kappa shape index (κ3) is 3.23. The first-order valence-corrected chi connectivity index (χ1v) is 11.0. The molecule has 28 heavy (non-hydrogen) atoms. The number of sulfone groups is 1. The van der Waals surface area contributed by atoms with Gasteiger partial charge in [-0.3, -0.25) is 4.90 Å². The third-order valence-electron chi connectivity index (χ3n) is 5.35. The number of rotatable bonds is 3. The molecule has 4 rings (SSSR count). The van der Waals surface area contributed by atoms with E-state index < -0.39 is 21.9 Å². The van der Waals surface area contributed by atoms with E-state index >= 15 is 0 Å². The number of anilines is 1. The van der Waals surface area contributed by atoms with Crippen LogP contribution in [0, 0.1) is 18.3 Å². The highest BCUT2D eigenvalue weighted by Gasteiger charge is 2.53. The average molecular weight is 416 g/mol. The number of nitrogens with zero attached hydrogens (tertiary/aromatic N) is 3. The molecule has 0 aliphatic carbocycles. The molecule has 2 aromatic carbocycles. The van der Waals surface area contributed by atoms with Gasteiger partial charge in [-0.05, 0) is 42.3 Å². The summed E-state index contributed by atoms with van der Waals surface area (Å²) in [6.07, 6.45) is 0. The quantitative estimate of drug-likeness (QED) is 0.721. The van der Waals surface area contributed by atoms with Crippen molar-refractivity contribution >= 4 is 33.2 Å². The predicted octanol–water partition coefficient (Wildman–Crippen LogP) is 3.13. The molecule has 2 aliphatic heterocycles. The van der Waals surface area contributed by atoms with Gasteiger partial charge in [0.15, 0.2) is 9.84 Å². The van der Waals surface area contributed by atoms with Crippen LogP contribution in [0.1, 0.15) is 16.7 Å². The molecule has 0 spiro atoms. The summed E-state index contributed by atoms with van der Waals surface area (Å²) in [5, 5.41) is 9.47. The molecule has 2 amide bonds. The highest BCUT2D eigenvalue weighted by Crippen LogP contribution is 2.37. The molecule has 2 saturated heterocycles. The zero-order valence-electron chi connectivity index (χ0n) is 15.2. The lowest BCUT2D eigenvalue weighted by Gasteiger charge is -2.23. The van der Waals surface area contributed by atoms with Gasteiger partial charge in [0, 0.05) is 17.3 Å². The maximum absolute atomic E-state index is 13.2. The number of nitriles is 1. The fraction of sp³-hybridized carbons (Fsp3) is 0.300. The zero-order valence-corrected chi connectivity index (χ0v) is 16.7. The maximum Gasteiger partial charge on any atom is 0.325 e. The number of carbonyl (C=O) groups is 1. The summed E-state index contributed by atoms with van der Waals surface area (Å²) in [5.74, 6) is -0.103. The van der Waals surface area contributed by atoms with Crippen molar-refractivity contribution < 1.29 is 13.2 Å². The number of hydrogen-bond acceptors (Lipinski definition) is 4. The van der Waals surface area contributed by atoms with E-state index in [1.807, 2.05) is 13.0 Å². The Labute approximate surface area is 168 Å². The second kappa shape index (κ2) is 6.80. The van der Waals surface area contributed by atoms with E-state index in [0.29, 0.717) is 16.3 Å². The minimum absolute atomic E-state index is 0.0459. The van der Waals surface area contributed by atoms with E-state index in [-0.39, 0.29) is 24.1 Å². The summed E-state index contributed by atoms with van der Waals surface area (Å²) in [6.45, 7) is 2.16. The largest absolute Gasteiger partial charge is 0.325 e. The minimum atomic E-state index is -3.24. The van der Waals surface area contributed by atoms with Crippen molar-refractivity contribution in [1.29, 1.82) is 5.26 Å². The summed E-state index contributed by atoms with van der Waals surface area (Å²) in [7, 11) is -3.24. The number of halogens is 1. The van der Waals surface area contributed by atoms with Crippen molar-refractivity contribution in [2.75, 3.05) is 16.4 Å². The zero-order chi connectivity index (χ0) is 20.1. The van der Waals surface area contributed by atoms with Crippen molar-refractivity contribution in [1.82, 2.24) is 4.90 Å². The third-order valence-corrected chi connectivity index (χ3v) is 7.45. The Bertz CT molecular complexity index is 1090. The summed E-state index contributed by atoms with van der Waals surface area (Å²) < 4.78 is 24.6. The minimum Gasteiger partial charge on any atom is -0.314 e. The van der Waals surface area contributed by atoms with Crippen LogP contribution in [0.3, 0.4) is 0 Å². The van der Waals surface area contributed by atoms with Crippen LogP contribution in [-0.4, -0.2) is 42.9 Å². The molecular weight excluding hydrogens is 398 g/mol. The number of hydrogen-bond donors (Lipinski definition) is 0. The molecule has 2 fully saturated rings. The van der Waals surface area contributed by atoms with E-state index in [1.165, 1.54) is 0 Å². The van der Waals surface area contributed by atoms with Crippen molar-refractivity contribution in [2.24, 2.45) is 0 Å². The lowest BCUT2D eigenvalue weighted by atomic mass is 10.1. The fourth-order valence-electron chi connectivity index (χ4n) is 3.88. The summed E-state index contributed by atoms with van der Waals surface area (Å²) in [6, 6.07) is 13.3. The Balaban J connectivity index is 1.69. The van der Waals surface area contributed by atoms with Gasteiger partial charge in [0.05, 0.1) is 35.2 Å². The molecule has 0 aromatic heterocycles. The smallest absolute Gasteiger partial charge is 0.314 e. The highest BCUT2D eigenvalue weighted by atomic mass is 35.5. The first-order valence-electron chi connectivity index (χ1n) is 8.84. The molecule has 8 heteroatoms. The standard InChI is InChI=1S/C20H18ClN3O3S/c1-13-2-7-16(8-17(13)21)24-19-12-28(26,27)11-18(19)23(20(24)25)10-15-5-3-14(9-22)4-6-15/h2-8,18-19H,10-12H2,1H3. The summed E-state index contributed by atoms with van der Waals surface area (Å²) in [5.41, 5.74) is 2.88.